The molecule has 1 aliphatic carbocycles. The fourth-order valence-electron chi connectivity index (χ4n) is 4.43. The highest BCUT2D eigenvalue weighted by atomic mass is 16.5. The van der Waals surface area contributed by atoms with E-state index in [2.05, 4.69) is 34.9 Å². The Morgan fingerprint density at radius 1 is 0.971 bits per heavy atom. The van der Waals surface area contributed by atoms with E-state index < -0.39 is 18.1 Å². The quantitative estimate of drug-likeness (QED) is 0.450. The van der Waals surface area contributed by atoms with Crippen molar-refractivity contribution in [2.75, 3.05) is 13.2 Å². The molecule has 182 valence electrons. The highest BCUT2D eigenvalue weighted by Crippen LogP contribution is 2.44. The number of carbonyl (C=O) groups is 3. The minimum atomic E-state index is -0.892. The molecule has 0 aliphatic heterocycles. The van der Waals surface area contributed by atoms with Crippen LogP contribution in [0.15, 0.2) is 48.5 Å². The Kier molecular flexibility index (Phi) is 8.68. The lowest BCUT2D eigenvalue weighted by atomic mass is 9.97. The molecule has 0 aromatic heterocycles. The summed E-state index contributed by atoms with van der Waals surface area (Å²) in [5.74, 6) is -1.55. The predicted octanol–water partition coefficient (Wildman–Crippen LogP) is 4.56. The van der Waals surface area contributed by atoms with Gasteiger partial charge < -0.3 is 20.5 Å². The lowest BCUT2D eigenvalue weighted by Gasteiger charge is -2.25. The van der Waals surface area contributed by atoms with E-state index in [-0.39, 0.29) is 43.2 Å². The van der Waals surface area contributed by atoms with Gasteiger partial charge in [0.15, 0.2) is 0 Å². The molecular weight excluding hydrogens is 432 g/mol. The van der Waals surface area contributed by atoms with Gasteiger partial charge in [-0.25, -0.2) is 4.79 Å². The number of alkyl carbamates (subject to hydrolysis) is 1. The van der Waals surface area contributed by atoms with Gasteiger partial charge in [0.05, 0.1) is 0 Å². The van der Waals surface area contributed by atoms with E-state index in [0.717, 1.165) is 22.3 Å². The summed E-state index contributed by atoms with van der Waals surface area (Å²) in [5.41, 5.74) is 4.54. The van der Waals surface area contributed by atoms with Crippen molar-refractivity contribution in [2.24, 2.45) is 11.8 Å². The second-order valence-corrected chi connectivity index (χ2v) is 8.95. The zero-order valence-corrected chi connectivity index (χ0v) is 20.0. The van der Waals surface area contributed by atoms with Crippen molar-refractivity contribution in [3.8, 4) is 11.1 Å². The minimum Gasteiger partial charge on any atom is -0.481 e. The van der Waals surface area contributed by atoms with Crippen LogP contribution in [0.25, 0.3) is 11.1 Å². The standard InChI is InChI=1S/C27H34N2O5/c1-4-17(3)25(26(32)28-15-18(5-2)14-24(30)31)29-27(33)34-16-23-21-12-8-6-10-19(21)20-11-7-9-13-22(20)23/h6-13,17-18,23,25H,4-5,14-16H2,1-3H3,(H,28,32)(H,29,33)(H,30,31)/t17-,18?,25-/m0/s1. The number of hydrogen-bond donors (Lipinski definition) is 3. The number of aliphatic carboxylic acids is 1. The molecule has 0 bridgehead atoms. The fraction of sp³-hybridized carbons (Fsp3) is 0.444. The highest BCUT2D eigenvalue weighted by Gasteiger charge is 2.31. The van der Waals surface area contributed by atoms with Crippen LogP contribution < -0.4 is 10.6 Å². The van der Waals surface area contributed by atoms with Crippen LogP contribution in [0.5, 0.6) is 0 Å². The third-order valence-electron chi connectivity index (χ3n) is 6.72. The summed E-state index contributed by atoms with van der Waals surface area (Å²) in [5, 5.41) is 14.6. The van der Waals surface area contributed by atoms with Gasteiger partial charge in [-0.1, -0.05) is 82.1 Å². The van der Waals surface area contributed by atoms with Crippen molar-refractivity contribution >= 4 is 18.0 Å². The molecule has 2 amide bonds. The number of hydrogen-bond acceptors (Lipinski definition) is 4. The fourth-order valence-corrected chi connectivity index (χ4v) is 4.43. The van der Waals surface area contributed by atoms with Crippen LogP contribution in [-0.4, -0.2) is 42.3 Å². The number of ether oxygens (including phenoxy) is 1. The van der Waals surface area contributed by atoms with Crippen molar-refractivity contribution in [1.82, 2.24) is 10.6 Å². The van der Waals surface area contributed by atoms with Crippen molar-refractivity contribution in [1.29, 1.82) is 0 Å². The van der Waals surface area contributed by atoms with E-state index in [1.807, 2.05) is 45.0 Å². The first-order chi connectivity index (χ1) is 16.3. The average molecular weight is 467 g/mol. The van der Waals surface area contributed by atoms with E-state index in [9.17, 15) is 14.4 Å². The van der Waals surface area contributed by atoms with Crippen LogP contribution >= 0.6 is 0 Å². The highest BCUT2D eigenvalue weighted by molar-refractivity contribution is 5.86. The Labute approximate surface area is 200 Å². The van der Waals surface area contributed by atoms with Gasteiger partial charge in [-0.15, -0.1) is 0 Å². The molecular formula is C27H34N2O5. The van der Waals surface area contributed by atoms with Crippen molar-refractivity contribution < 1.29 is 24.2 Å². The Morgan fingerprint density at radius 2 is 1.56 bits per heavy atom. The van der Waals surface area contributed by atoms with Crippen LogP contribution in [0, 0.1) is 11.8 Å². The second kappa shape index (κ2) is 11.7. The molecule has 1 unspecified atom stereocenters. The SMILES string of the molecule is CCC(CNC(=O)[C@@H](NC(=O)OCC1c2ccccc2-c2ccccc21)[C@@H](C)CC)CC(=O)O. The third-order valence-corrected chi connectivity index (χ3v) is 6.72. The normalized spacial score (nSPS) is 14.9. The molecule has 2 aromatic carbocycles. The van der Waals surface area contributed by atoms with E-state index in [4.69, 9.17) is 9.84 Å². The molecule has 3 N–H and O–H groups in total. The molecule has 2 aromatic rings. The van der Waals surface area contributed by atoms with Crippen LogP contribution in [0.3, 0.4) is 0 Å². The summed E-state index contributed by atoms with van der Waals surface area (Å²) >= 11 is 0. The summed E-state index contributed by atoms with van der Waals surface area (Å²) in [6, 6.07) is 15.5. The van der Waals surface area contributed by atoms with Gasteiger partial charge in [0.25, 0.3) is 0 Å². The Morgan fingerprint density at radius 3 is 2.09 bits per heavy atom. The van der Waals surface area contributed by atoms with Gasteiger partial charge in [-0.3, -0.25) is 9.59 Å². The van der Waals surface area contributed by atoms with E-state index in [1.54, 1.807) is 0 Å². The Bertz CT molecular complexity index is 976. The lowest BCUT2D eigenvalue weighted by Crippen LogP contribution is -2.51. The van der Waals surface area contributed by atoms with Gasteiger partial charge >= 0.3 is 12.1 Å². The molecule has 0 saturated heterocycles. The maximum absolute atomic E-state index is 12.8. The number of fused-ring (bicyclic) bond motifs is 3. The molecule has 0 radical (unpaired) electrons. The molecule has 3 rings (SSSR count). The van der Waals surface area contributed by atoms with Gasteiger partial charge in [-0.2, -0.15) is 0 Å². The Balaban J connectivity index is 1.62. The van der Waals surface area contributed by atoms with Gasteiger partial charge in [-0.05, 0) is 34.1 Å². The number of amides is 2. The first-order valence-electron chi connectivity index (χ1n) is 12.0. The number of carboxylic acid groups (broad SMARTS) is 1. The molecule has 34 heavy (non-hydrogen) atoms. The van der Waals surface area contributed by atoms with Gasteiger partial charge in [0.2, 0.25) is 5.91 Å². The molecule has 7 heteroatoms. The maximum Gasteiger partial charge on any atom is 0.407 e. The third kappa shape index (κ3) is 5.95. The summed E-state index contributed by atoms with van der Waals surface area (Å²) in [6.07, 6.45) is 0.680. The number of carbonyl (C=O) groups excluding carboxylic acids is 2. The first kappa shape index (κ1) is 25.3. The summed E-state index contributed by atoms with van der Waals surface area (Å²) < 4.78 is 5.61. The van der Waals surface area contributed by atoms with Crippen LogP contribution in [0.2, 0.25) is 0 Å². The Hall–Kier alpha value is -3.35. The van der Waals surface area contributed by atoms with Gasteiger partial charge in [0.1, 0.15) is 12.6 Å². The lowest BCUT2D eigenvalue weighted by molar-refractivity contribution is -0.138. The van der Waals surface area contributed by atoms with E-state index in [0.29, 0.717) is 12.8 Å². The summed E-state index contributed by atoms with van der Waals surface area (Å²) in [4.78, 5) is 36.5. The molecule has 7 nitrogen and oxygen atoms in total. The van der Waals surface area contributed by atoms with Crippen LogP contribution in [-0.2, 0) is 14.3 Å². The molecule has 0 saturated carbocycles. The number of carboxylic acids is 1. The second-order valence-electron chi connectivity index (χ2n) is 8.95. The largest absolute Gasteiger partial charge is 0.481 e. The number of benzene rings is 2. The molecule has 0 spiro atoms. The number of nitrogens with one attached hydrogen (secondary N) is 2. The molecule has 0 heterocycles. The zero-order chi connectivity index (χ0) is 24.7. The summed E-state index contributed by atoms with van der Waals surface area (Å²) in [6.45, 7) is 6.15. The molecule has 0 fully saturated rings. The number of rotatable bonds is 11. The topological polar surface area (TPSA) is 105 Å². The van der Waals surface area contributed by atoms with Gasteiger partial charge in [0, 0.05) is 18.9 Å². The molecule has 1 aliphatic rings. The summed E-state index contributed by atoms with van der Waals surface area (Å²) in [7, 11) is 0. The van der Waals surface area contributed by atoms with Crippen molar-refractivity contribution in [3.05, 3.63) is 59.7 Å². The first-order valence-corrected chi connectivity index (χ1v) is 12.0. The zero-order valence-electron chi connectivity index (χ0n) is 20.0. The minimum absolute atomic E-state index is 0.00934. The van der Waals surface area contributed by atoms with Crippen LogP contribution in [0.4, 0.5) is 4.79 Å². The maximum atomic E-state index is 12.8. The van der Waals surface area contributed by atoms with E-state index >= 15 is 0 Å². The van der Waals surface area contributed by atoms with Crippen LogP contribution in [0.1, 0.15) is 57.1 Å². The van der Waals surface area contributed by atoms with Crippen molar-refractivity contribution in [2.45, 2.75) is 52.0 Å². The smallest absolute Gasteiger partial charge is 0.407 e. The van der Waals surface area contributed by atoms with E-state index in [1.165, 1.54) is 0 Å². The monoisotopic (exact) mass is 466 g/mol. The predicted molar refractivity (Wildman–Crippen MR) is 130 cm³/mol. The van der Waals surface area contributed by atoms with Crippen molar-refractivity contribution in [3.63, 3.8) is 0 Å². The molecule has 3 atom stereocenters. The average Bonchev–Trinajstić information content (AvgIpc) is 3.16.